The quantitative estimate of drug-likeness (QED) is 0.876. The van der Waals surface area contributed by atoms with Crippen molar-refractivity contribution < 1.29 is 22.7 Å². The summed E-state index contributed by atoms with van der Waals surface area (Å²) in [5.74, 6) is -1.39. The van der Waals surface area contributed by atoms with Crippen LogP contribution in [-0.2, 0) is 4.79 Å². The van der Waals surface area contributed by atoms with E-state index in [1.165, 1.54) is 0 Å². The van der Waals surface area contributed by atoms with Gasteiger partial charge in [0.25, 0.3) is 0 Å². The van der Waals surface area contributed by atoms with Crippen LogP contribution in [0.3, 0.4) is 0 Å². The predicted molar refractivity (Wildman–Crippen MR) is 68.5 cm³/mol. The van der Waals surface area contributed by atoms with Crippen molar-refractivity contribution in [2.75, 3.05) is 13.2 Å². The molecular formula is C14H12F3NO2. The maximum atomic E-state index is 12.0. The van der Waals surface area contributed by atoms with Crippen LogP contribution in [0, 0.1) is 0 Å². The Morgan fingerprint density at radius 2 is 1.80 bits per heavy atom. The van der Waals surface area contributed by atoms with E-state index >= 15 is 0 Å². The number of amides is 1. The van der Waals surface area contributed by atoms with Gasteiger partial charge < -0.3 is 10.1 Å². The van der Waals surface area contributed by atoms with Gasteiger partial charge in [0.15, 0.2) is 0 Å². The summed E-state index contributed by atoms with van der Waals surface area (Å²) in [5.41, 5.74) is 0. The average molecular weight is 283 g/mol. The second kappa shape index (κ2) is 5.81. The first-order chi connectivity index (χ1) is 9.48. The van der Waals surface area contributed by atoms with Gasteiger partial charge in [0.2, 0.25) is 0 Å². The van der Waals surface area contributed by atoms with Gasteiger partial charge in [-0.2, -0.15) is 13.2 Å². The maximum Gasteiger partial charge on any atom is 0.471 e. The second-order valence-electron chi connectivity index (χ2n) is 4.08. The molecule has 0 aliphatic carbocycles. The molecule has 0 aliphatic rings. The summed E-state index contributed by atoms with van der Waals surface area (Å²) in [6.45, 7) is -0.239. The minimum Gasteiger partial charge on any atom is -0.491 e. The first-order valence-corrected chi connectivity index (χ1v) is 5.94. The summed E-state index contributed by atoms with van der Waals surface area (Å²) in [5, 5.41) is 3.60. The molecule has 3 nitrogen and oxygen atoms in total. The number of ether oxygens (including phenoxy) is 1. The molecule has 0 saturated carbocycles. The first-order valence-electron chi connectivity index (χ1n) is 5.94. The van der Waals surface area contributed by atoms with Crippen molar-refractivity contribution in [3.05, 3.63) is 42.5 Å². The zero-order chi connectivity index (χ0) is 14.6. The van der Waals surface area contributed by atoms with Gasteiger partial charge in [0.1, 0.15) is 12.4 Å². The summed E-state index contributed by atoms with van der Waals surface area (Å²) >= 11 is 0. The lowest BCUT2D eigenvalue weighted by Gasteiger charge is -2.11. The van der Waals surface area contributed by atoms with Crippen molar-refractivity contribution in [1.29, 1.82) is 0 Å². The molecule has 1 N–H and O–H groups in total. The Morgan fingerprint density at radius 3 is 2.55 bits per heavy atom. The minimum atomic E-state index is -4.86. The molecule has 0 heterocycles. The van der Waals surface area contributed by atoms with Crippen LogP contribution in [0.15, 0.2) is 42.5 Å². The summed E-state index contributed by atoms with van der Waals surface area (Å²) in [6, 6.07) is 12.9. The third-order valence-corrected chi connectivity index (χ3v) is 2.65. The Kier molecular flexibility index (Phi) is 4.12. The molecule has 2 rings (SSSR count). The zero-order valence-electron chi connectivity index (χ0n) is 10.4. The highest BCUT2D eigenvalue weighted by atomic mass is 19.4. The van der Waals surface area contributed by atoms with Gasteiger partial charge in [-0.05, 0) is 11.5 Å². The van der Waals surface area contributed by atoms with E-state index in [4.69, 9.17) is 4.74 Å². The van der Waals surface area contributed by atoms with E-state index in [9.17, 15) is 18.0 Å². The third kappa shape index (κ3) is 3.40. The highest BCUT2D eigenvalue weighted by Gasteiger charge is 2.38. The molecule has 0 radical (unpaired) electrons. The highest BCUT2D eigenvalue weighted by Crippen LogP contribution is 2.24. The Labute approximate surface area is 113 Å². The van der Waals surface area contributed by atoms with E-state index in [1.54, 1.807) is 17.4 Å². The molecule has 2 aromatic carbocycles. The van der Waals surface area contributed by atoms with Gasteiger partial charge >= 0.3 is 12.1 Å². The number of benzene rings is 2. The van der Waals surface area contributed by atoms with Gasteiger partial charge in [-0.1, -0.05) is 36.4 Å². The summed E-state index contributed by atoms with van der Waals surface area (Å²) < 4.78 is 41.3. The largest absolute Gasteiger partial charge is 0.491 e. The van der Waals surface area contributed by atoms with E-state index in [0.29, 0.717) is 5.75 Å². The number of halogens is 3. The number of rotatable bonds is 4. The molecule has 106 valence electrons. The van der Waals surface area contributed by atoms with E-state index in [2.05, 4.69) is 0 Å². The maximum absolute atomic E-state index is 12.0. The predicted octanol–water partition coefficient (Wildman–Crippen LogP) is 2.90. The van der Waals surface area contributed by atoms with Crippen LogP contribution in [0.5, 0.6) is 5.75 Å². The molecular weight excluding hydrogens is 271 g/mol. The van der Waals surface area contributed by atoms with Gasteiger partial charge in [-0.3, -0.25) is 4.79 Å². The fourth-order valence-corrected chi connectivity index (χ4v) is 1.75. The van der Waals surface area contributed by atoms with Crippen LogP contribution in [-0.4, -0.2) is 25.2 Å². The van der Waals surface area contributed by atoms with Crippen LogP contribution in [0.2, 0.25) is 0 Å². The molecule has 6 heteroatoms. The van der Waals surface area contributed by atoms with Crippen LogP contribution >= 0.6 is 0 Å². The number of hydrogen-bond donors (Lipinski definition) is 1. The second-order valence-corrected chi connectivity index (χ2v) is 4.08. The van der Waals surface area contributed by atoms with Crippen molar-refractivity contribution >= 4 is 16.7 Å². The van der Waals surface area contributed by atoms with Crippen molar-refractivity contribution in [3.8, 4) is 5.75 Å². The first kappa shape index (κ1) is 14.2. The van der Waals surface area contributed by atoms with Gasteiger partial charge in [0.05, 0.1) is 6.54 Å². The third-order valence-electron chi connectivity index (χ3n) is 2.65. The zero-order valence-corrected chi connectivity index (χ0v) is 10.4. The number of nitrogens with one attached hydrogen (secondary N) is 1. The normalized spacial score (nSPS) is 11.3. The molecule has 0 bridgehead atoms. The Morgan fingerprint density at radius 1 is 1.10 bits per heavy atom. The molecule has 1 amide bonds. The van der Waals surface area contributed by atoms with Gasteiger partial charge in [0, 0.05) is 5.39 Å². The topological polar surface area (TPSA) is 38.3 Å². The fraction of sp³-hybridized carbons (Fsp3) is 0.214. The standard InChI is InChI=1S/C14H12F3NO2/c15-14(16,17)13(19)18-8-9-20-12-7-3-5-10-4-1-2-6-11(10)12/h1-7H,8-9H2,(H,18,19). The van der Waals surface area contributed by atoms with Gasteiger partial charge in [-0.15, -0.1) is 0 Å². The molecule has 0 fully saturated rings. The smallest absolute Gasteiger partial charge is 0.471 e. The highest BCUT2D eigenvalue weighted by molar-refractivity contribution is 5.88. The van der Waals surface area contributed by atoms with E-state index < -0.39 is 12.1 Å². The van der Waals surface area contributed by atoms with Crippen molar-refractivity contribution in [3.63, 3.8) is 0 Å². The van der Waals surface area contributed by atoms with Crippen LogP contribution in [0.25, 0.3) is 10.8 Å². The summed E-state index contributed by atoms with van der Waals surface area (Å²) in [6.07, 6.45) is -4.86. The Hall–Kier alpha value is -2.24. The van der Waals surface area contributed by atoms with Crippen molar-refractivity contribution in [1.82, 2.24) is 5.32 Å². The molecule has 0 saturated heterocycles. The van der Waals surface area contributed by atoms with E-state index in [-0.39, 0.29) is 13.2 Å². The van der Waals surface area contributed by atoms with Crippen LogP contribution in [0.4, 0.5) is 13.2 Å². The summed E-state index contributed by atoms with van der Waals surface area (Å²) in [7, 11) is 0. The van der Waals surface area contributed by atoms with Crippen LogP contribution < -0.4 is 10.1 Å². The minimum absolute atomic E-state index is 0.0319. The fourth-order valence-electron chi connectivity index (χ4n) is 1.75. The van der Waals surface area contributed by atoms with Crippen molar-refractivity contribution in [2.45, 2.75) is 6.18 Å². The molecule has 0 aromatic heterocycles. The number of carbonyl (C=O) groups excluding carboxylic acids is 1. The molecule has 0 atom stereocenters. The monoisotopic (exact) mass is 283 g/mol. The van der Waals surface area contributed by atoms with Gasteiger partial charge in [-0.25, -0.2) is 0 Å². The Balaban J connectivity index is 1.92. The molecule has 0 unspecified atom stereocenters. The SMILES string of the molecule is O=C(NCCOc1cccc2ccccc12)C(F)(F)F. The molecule has 0 spiro atoms. The lowest BCUT2D eigenvalue weighted by atomic mass is 10.1. The number of fused-ring (bicyclic) bond motifs is 1. The average Bonchev–Trinajstić information content (AvgIpc) is 2.42. The molecule has 20 heavy (non-hydrogen) atoms. The molecule has 2 aromatic rings. The number of alkyl halides is 3. The number of hydrogen-bond acceptors (Lipinski definition) is 2. The Bertz CT molecular complexity index is 605. The lowest BCUT2D eigenvalue weighted by molar-refractivity contribution is -0.173. The lowest BCUT2D eigenvalue weighted by Crippen LogP contribution is -2.38. The van der Waals surface area contributed by atoms with Crippen LogP contribution in [0.1, 0.15) is 0 Å². The molecule has 0 aliphatic heterocycles. The summed E-state index contributed by atoms with van der Waals surface area (Å²) in [4.78, 5) is 10.6. The van der Waals surface area contributed by atoms with E-state index in [0.717, 1.165) is 10.8 Å². The number of carbonyl (C=O) groups is 1. The van der Waals surface area contributed by atoms with Crippen molar-refractivity contribution in [2.24, 2.45) is 0 Å². The van der Waals surface area contributed by atoms with E-state index in [1.807, 2.05) is 30.3 Å².